The molecule has 2 unspecified atom stereocenters. The van der Waals surface area contributed by atoms with Crippen LogP contribution in [0.2, 0.25) is 0 Å². The molecule has 1 N–H and O–H groups in total. The van der Waals surface area contributed by atoms with E-state index in [1.165, 1.54) is 12.2 Å². The van der Waals surface area contributed by atoms with Crippen molar-refractivity contribution in [3.05, 3.63) is 85.8 Å². The number of anilines is 1. The van der Waals surface area contributed by atoms with Crippen molar-refractivity contribution in [3.63, 3.8) is 0 Å². The summed E-state index contributed by atoms with van der Waals surface area (Å²) in [5.41, 5.74) is 0.301. The molecule has 0 radical (unpaired) electrons. The van der Waals surface area contributed by atoms with Gasteiger partial charge in [-0.2, -0.15) is 0 Å². The Kier molecular flexibility index (Phi) is 6.15. The summed E-state index contributed by atoms with van der Waals surface area (Å²) >= 11 is 10.2. The van der Waals surface area contributed by atoms with Crippen LogP contribution in [0.1, 0.15) is 17.9 Å². The second-order valence-electron chi connectivity index (χ2n) is 6.04. The van der Waals surface area contributed by atoms with E-state index in [4.69, 9.17) is 0 Å². The van der Waals surface area contributed by atoms with Gasteiger partial charge in [-0.1, -0.05) is 30.4 Å². The van der Waals surface area contributed by atoms with Crippen LogP contribution < -0.4 is 5.32 Å². The molecule has 2 aromatic rings. The second-order valence-corrected chi connectivity index (χ2v) is 8.61. The molecule has 3 rings (SSSR count). The number of carbonyl (C=O) groups is 1. The molecule has 26 heavy (non-hydrogen) atoms. The number of halogens is 4. The zero-order chi connectivity index (χ0) is 18.7. The SMILES string of the molecule is O=C(/C=C/C=C/C1(F)CC1c1ccc(Br)c(Br)c1)Nc1ccccc1Br. The van der Waals surface area contributed by atoms with E-state index in [0.717, 1.165) is 19.0 Å². The molecule has 1 amide bonds. The van der Waals surface area contributed by atoms with Crippen molar-refractivity contribution < 1.29 is 9.18 Å². The highest BCUT2D eigenvalue weighted by molar-refractivity contribution is 9.13. The van der Waals surface area contributed by atoms with E-state index in [9.17, 15) is 9.18 Å². The number of nitrogens with one attached hydrogen (secondary N) is 1. The first-order chi connectivity index (χ1) is 12.4. The minimum Gasteiger partial charge on any atom is -0.321 e. The first-order valence-corrected chi connectivity index (χ1v) is 10.3. The lowest BCUT2D eigenvalue weighted by molar-refractivity contribution is -0.111. The fourth-order valence-corrected chi connectivity index (χ4v) is 3.68. The highest BCUT2D eigenvalue weighted by Crippen LogP contribution is 2.56. The molecule has 0 bridgehead atoms. The van der Waals surface area contributed by atoms with Gasteiger partial charge in [0.2, 0.25) is 5.91 Å². The summed E-state index contributed by atoms with van der Waals surface area (Å²) in [6, 6.07) is 13.1. The van der Waals surface area contributed by atoms with Crippen LogP contribution in [-0.4, -0.2) is 11.6 Å². The molecule has 1 fully saturated rings. The Morgan fingerprint density at radius 2 is 1.85 bits per heavy atom. The van der Waals surface area contributed by atoms with Crippen LogP contribution in [-0.2, 0) is 4.79 Å². The second kappa shape index (κ2) is 8.19. The topological polar surface area (TPSA) is 29.1 Å². The monoisotopic (exact) mass is 541 g/mol. The molecule has 0 saturated heterocycles. The summed E-state index contributed by atoms with van der Waals surface area (Å²) in [6.07, 6.45) is 6.51. The van der Waals surface area contributed by atoms with Gasteiger partial charge in [-0.3, -0.25) is 4.79 Å². The Balaban J connectivity index is 1.57. The third-order valence-electron chi connectivity index (χ3n) is 4.15. The zero-order valence-electron chi connectivity index (χ0n) is 13.6. The van der Waals surface area contributed by atoms with Crippen molar-refractivity contribution >= 4 is 59.4 Å². The van der Waals surface area contributed by atoms with Gasteiger partial charge in [0.15, 0.2) is 0 Å². The Morgan fingerprint density at radius 1 is 1.08 bits per heavy atom. The summed E-state index contributed by atoms with van der Waals surface area (Å²) in [7, 11) is 0. The van der Waals surface area contributed by atoms with Crippen LogP contribution in [0.15, 0.2) is 80.2 Å². The number of para-hydroxylation sites is 1. The quantitative estimate of drug-likeness (QED) is 0.322. The lowest BCUT2D eigenvalue weighted by Crippen LogP contribution is -2.08. The van der Waals surface area contributed by atoms with E-state index in [0.29, 0.717) is 12.1 Å². The van der Waals surface area contributed by atoms with Crippen LogP contribution in [0.5, 0.6) is 0 Å². The summed E-state index contributed by atoms with van der Waals surface area (Å²) < 4.78 is 17.4. The predicted molar refractivity (Wildman–Crippen MR) is 114 cm³/mol. The standard InChI is InChI=1S/C20H15Br3FNO/c21-15-9-8-13(11-17(15)23)14-12-20(14,24)10-4-3-7-19(26)25-18-6-2-1-5-16(18)22/h1-11,14H,12H2,(H,25,26)/b7-3+,10-4+. The number of benzene rings is 2. The van der Waals surface area contributed by atoms with Gasteiger partial charge in [-0.05, 0) is 90.1 Å². The summed E-state index contributed by atoms with van der Waals surface area (Å²) in [4.78, 5) is 11.9. The van der Waals surface area contributed by atoms with Crippen LogP contribution in [0.4, 0.5) is 10.1 Å². The average molecular weight is 544 g/mol. The zero-order valence-corrected chi connectivity index (χ0v) is 18.3. The van der Waals surface area contributed by atoms with E-state index < -0.39 is 5.67 Å². The molecular weight excluding hydrogens is 529 g/mol. The lowest BCUT2D eigenvalue weighted by atomic mass is 10.1. The molecule has 1 saturated carbocycles. The van der Waals surface area contributed by atoms with E-state index in [-0.39, 0.29) is 11.8 Å². The maximum atomic E-state index is 14.8. The molecular formula is C20H15Br3FNO. The molecule has 0 aliphatic heterocycles. The Hall–Kier alpha value is -1.24. The smallest absolute Gasteiger partial charge is 0.248 e. The lowest BCUT2D eigenvalue weighted by Gasteiger charge is -2.04. The first-order valence-electron chi connectivity index (χ1n) is 7.94. The van der Waals surface area contributed by atoms with E-state index >= 15 is 0 Å². The van der Waals surface area contributed by atoms with E-state index in [1.807, 2.05) is 36.4 Å². The highest BCUT2D eigenvalue weighted by atomic mass is 79.9. The van der Waals surface area contributed by atoms with Crippen LogP contribution in [0.3, 0.4) is 0 Å². The molecule has 0 aromatic heterocycles. The number of alkyl halides is 1. The van der Waals surface area contributed by atoms with Crippen LogP contribution in [0, 0.1) is 0 Å². The largest absolute Gasteiger partial charge is 0.321 e. The number of amides is 1. The molecule has 2 nitrogen and oxygen atoms in total. The molecule has 1 aliphatic carbocycles. The van der Waals surface area contributed by atoms with Crippen molar-refractivity contribution in [2.75, 3.05) is 5.32 Å². The molecule has 6 heteroatoms. The summed E-state index contributed by atoms with van der Waals surface area (Å²) in [5.74, 6) is -0.413. The Labute approximate surface area is 177 Å². The molecule has 1 aliphatic rings. The Bertz CT molecular complexity index is 896. The fraction of sp³-hybridized carbons (Fsp3) is 0.150. The highest BCUT2D eigenvalue weighted by Gasteiger charge is 2.54. The first kappa shape index (κ1) is 19.5. The van der Waals surface area contributed by atoms with Gasteiger partial charge >= 0.3 is 0 Å². The van der Waals surface area contributed by atoms with Crippen molar-refractivity contribution in [1.29, 1.82) is 0 Å². The van der Waals surface area contributed by atoms with Crippen molar-refractivity contribution in [2.24, 2.45) is 0 Å². The molecule has 2 aromatic carbocycles. The van der Waals surface area contributed by atoms with Gasteiger partial charge in [0.1, 0.15) is 5.67 Å². The van der Waals surface area contributed by atoms with Crippen molar-refractivity contribution in [2.45, 2.75) is 18.0 Å². The van der Waals surface area contributed by atoms with Crippen molar-refractivity contribution in [3.8, 4) is 0 Å². The predicted octanol–water partition coefficient (Wildman–Crippen LogP) is 6.92. The van der Waals surface area contributed by atoms with Gasteiger partial charge < -0.3 is 5.32 Å². The number of allylic oxidation sites excluding steroid dienone is 3. The number of carbonyl (C=O) groups excluding carboxylic acids is 1. The molecule has 2 atom stereocenters. The maximum absolute atomic E-state index is 14.8. The fourth-order valence-electron chi connectivity index (χ4n) is 2.66. The molecule has 0 spiro atoms. The molecule has 0 heterocycles. The van der Waals surface area contributed by atoms with E-state index in [1.54, 1.807) is 18.2 Å². The normalized spacial score (nSPS) is 22.1. The summed E-state index contributed by atoms with van der Waals surface area (Å²) in [6.45, 7) is 0. The maximum Gasteiger partial charge on any atom is 0.248 e. The van der Waals surface area contributed by atoms with Crippen LogP contribution in [0.25, 0.3) is 0 Å². The van der Waals surface area contributed by atoms with Gasteiger partial charge in [-0.15, -0.1) is 0 Å². The number of hydrogen-bond acceptors (Lipinski definition) is 1. The molecule has 134 valence electrons. The Morgan fingerprint density at radius 3 is 2.58 bits per heavy atom. The minimum absolute atomic E-state index is 0.148. The number of hydrogen-bond donors (Lipinski definition) is 1. The average Bonchev–Trinajstić information content (AvgIpc) is 3.28. The van der Waals surface area contributed by atoms with Gasteiger partial charge in [-0.25, -0.2) is 4.39 Å². The third-order valence-corrected chi connectivity index (χ3v) is 6.72. The van der Waals surface area contributed by atoms with Gasteiger partial charge in [0, 0.05) is 25.4 Å². The number of rotatable bonds is 5. The van der Waals surface area contributed by atoms with E-state index in [2.05, 4.69) is 53.1 Å². The summed E-state index contributed by atoms with van der Waals surface area (Å²) in [5, 5.41) is 2.76. The van der Waals surface area contributed by atoms with Crippen molar-refractivity contribution in [1.82, 2.24) is 0 Å². The van der Waals surface area contributed by atoms with Gasteiger partial charge in [0.25, 0.3) is 0 Å². The third kappa shape index (κ3) is 4.72. The van der Waals surface area contributed by atoms with Crippen LogP contribution >= 0.6 is 47.8 Å². The van der Waals surface area contributed by atoms with Gasteiger partial charge in [0.05, 0.1) is 5.69 Å². The minimum atomic E-state index is -1.35.